The van der Waals surface area contributed by atoms with Crippen molar-refractivity contribution in [3.8, 4) is 0 Å². The Balaban J connectivity index is 2.53. The molecule has 1 aromatic rings. The smallest absolute Gasteiger partial charge is 0.325 e. The first kappa shape index (κ1) is 15.0. The molecule has 1 heterocycles. The average Bonchev–Trinajstić information content (AvgIpc) is 2.26. The minimum atomic E-state index is -0.930. The van der Waals surface area contributed by atoms with Crippen LogP contribution in [0.4, 0.5) is 0 Å². The van der Waals surface area contributed by atoms with Gasteiger partial charge in [0.15, 0.2) is 0 Å². The first-order valence-electron chi connectivity index (χ1n) is 5.80. The lowest BCUT2D eigenvalue weighted by molar-refractivity contribution is -0.146. The molecule has 0 amide bonds. The van der Waals surface area contributed by atoms with Crippen molar-refractivity contribution in [3.05, 3.63) is 23.4 Å². The number of hydrogen-bond donors (Lipinski definition) is 1. The van der Waals surface area contributed by atoms with Gasteiger partial charge in [-0.2, -0.15) is 0 Å². The standard InChI is InChI=1S/C13H20N2O2S/c1-9-7-10(2)15-11(8-9)18-6-5-13(3,14)12(16)17-4/h7-8H,5-6,14H2,1-4H3. The van der Waals surface area contributed by atoms with E-state index in [0.717, 1.165) is 16.5 Å². The van der Waals surface area contributed by atoms with Gasteiger partial charge in [0.1, 0.15) is 5.54 Å². The number of thioether (sulfide) groups is 1. The maximum Gasteiger partial charge on any atom is 0.325 e. The molecule has 0 aromatic carbocycles. The molecule has 0 spiro atoms. The molecule has 2 N–H and O–H groups in total. The summed E-state index contributed by atoms with van der Waals surface area (Å²) in [6.45, 7) is 5.70. The van der Waals surface area contributed by atoms with E-state index >= 15 is 0 Å². The summed E-state index contributed by atoms with van der Waals surface area (Å²) >= 11 is 1.60. The van der Waals surface area contributed by atoms with E-state index in [2.05, 4.69) is 9.72 Å². The molecule has 1 atom stereocenters. The number of rotatable bonds is 5. The zero-order chi connectivity index (χ0) is 13.8. The summed E-state index contributed by atoms with van der Waals surface area (Å²) in [4.78, 5) is 15.8. The predicted octanol–water partition coefficient (Wildman–Crippen LogP) is 2.07. The normalized spacial score (nSPS) is 14.1. The second-order valence-electron chi connectivity index (χ2n) is 4.63. The van der Waals surface area contributed by atoms with Gasteiger partial charge < -0.3 is 10.5 Å². The summed E-state index contributed by atoms with van der Waals surface area (Å²) < 4.78 is 4.67. The van der Waals surface area contributed by atoms with Crippen molar-refractivity contribution in [3.63, 3.8) is 0 Å². The summed E-state index contributed by atoms with van der Waals surface area (Å²) in [6, 6.07) is 4.06. The molecule has 0 saturated carbocycles. The fourth-order valence-corrected chi connectivity index (χ4v) is 2.79. The van der Waals surface area contributed by atoms with Crippen LogP contribution in [0.3, 0.4) is 0 Å². The van der Waals surface area contributed by atoms with Crippen LogP contribution in [0.15, 0.2) is 17.2 Å². The van der Waals surface area contributed by atoms with Crippen LogP contribution in [0.2, 0.25) is 0 Å². The Hall–Kier alpha value is -1.07. The summed E-state index contributed by atoms with van der Waals surface area (Å²) in [5.74, 6) is 0.356. The van der Waals surface area contributed by atoms with E-state index in [1.54, 1.807) is 18.7 Å². The van der Waals surface area contributed by atoms with E-state index < -0.39 is 5.54 Å². The highest BCUT2D eigenvalue weighted by Crippen LogP contribution is 2.21. The van der Waals surface area contributed by atoms with Crippen molar-refractivity contribution in [2.75, 3.05) is 12.9 Å². The van der Waals surface area contributed by atoms with Crippen LogP contribution >= 0.6 is 11.8 Å². The van der Waals surface area contributed by atoms with Crippen molar-refractivity contribution in [2.45, 2.75) is 37.8 Å². The van der Waals surface area contributed by atoms with E-state index in [1.165, 1.54) is 12.7 Å². The minimum absolute atomic E-state index is 0.378. The zero-order valence-electron chi connectivity index (χ0n) is 11.3. The number of methoxy groups -OCH3 is 1. The number of carbonyl (C=O) groups excluding carboxylic acids is 1. The summed E-state index contributed by atoms with van der Waals surface area (Å²) in [5, 5.41) is 0.966. The SMILES string of the molecule is COC(=O)C(C)(N)CCSc1cc(C)cc(C)n1. The summed E-state index contributed by atoms with van der Waals surface area (Å²) in [5.41, 5.74) is 7.15. The van der Waals surface area contributed by atoms with Crippen molar-refractivity contribution in [2.24, 2.45) is 5.73 Å². The molecule has 0 aliphatic carbocycles. The molecule has 1 rings (SSSR count). The number of nitrogens with zero attached hydrogens (tertiary/aromatic N) is 1. The molecule has 0 fully saturated rings. The fraction of sp³-hybridized carbons (Fsp3) is 0.538. The maximum atomic E-state index is 11.4. The van der Waals surface area contributed by atoms with E-state index in [9.17, 15) is 4.79 Å². The lowest BCUT2D eigenvalue weighted by Crippen LogP contribution is -2.46. The third-order valence-electron chi connectivity index (χ3n) is 2.60. The van der Waals surface area contributed by atoms with Gasteiger partial charge in [-0.15, -0.1) is 11.8 Å². The Bertz CT molecular complexity index is 413. The third kappa shape index (κ3) is 4.31. The van der Waals surface area contributed by atoms with Crippen LogP contribution in [0.1, 0.15) is 24.6 Å². The molecule has 1 unspecified atom stereocenters. The first-order valence-corrected chi connectivity index (χ1v) is 6.79. The van der Waals surface area contributed by atoms with Gasteiger partial charge in [-0.3, -0.25) is 4.79 Å². The van der Waals surface area contributed by atoms with Crippen LogP contribution in [0.25, 0.3) is 0 Å². The maximum absolute atomic E-state index is 11.4. The van der Waals surface area contributed by atoms with Gasteiger partial charge in [0, 0.05) is 11.4 Å². The fourth-order valence-electron chi connectivity index (χ4n) is 1.58. The summed E-state index contributed by atoms with van der Waals surface area (Å²) in [7, 11) is 1.35. The van der Waals surface area contributed by atoms with E-state index in [0.29, 0.717) is 6.42 Å². The Morgan fingerprint density at radius 2 is 2.17 bits per heavy atom. The molecular formula is C13H20N2O2S. The minimum Gasteiger partial charge on any atom is -0.468 e. The Morgan fingerprint density at radius 1 is 1.50 bits per heavy atom. The van der Waals surface area contributed by atoms with Gasteiger partial charge >= 0.3 is 5.97 Å². The molecule has 0 bridgehead atoms. The molecule has 1 aromatic heterocycles. The van der Waals surface area contributed by atoms with Crippen molar-refractivity contribution in [1.82, 2.24) is 4.98 Å². The van der Waals surface area contributed by atoms with Gasteiger partial charge in [0.25, 0.3) is 0 Å². The summed E-state index contributed by atoms with van der Waals surface area (Å²) in [6.07, 6.45) is 0.555. The van der Waals surface area contributed by atoms with Gasteiger partial charge in [-0.25, -0.2) is 4.98 Å². The Morgan fingerprint density at radius 3 is 2.72 bits per heavy atom. The number of aryl methyl sites for hydroxylation is 2. The molecule has 18 heavy (non-hydrogen) atoms. The van der Waals surface area contributed by atoms with E-state index in [1.807, 2.05) is 26.0 Å². The number of hydrogen-bond acceptors (Lipinski definition) is 5. The number of aromatic nitrogens is 1. The monoisotopic (exact) mass is 268 g/mol. The molecular weight excluding hydrogens is 248 g/mol. The van der Waals surface area contributed by atoms with Crippen LogP contribution in [0.5, 0.6) is 0 Å². The van der Waals surface area contributed by atoms with Crippen LogP contribution in [-0.2, 0) is 9.53 Å². The van der Waals surface area contributed by atoms with Gasteiger partial charge in [-0.05, 0) is 44.9 Å². The van der Waals surface area contributed by atoms with Crippen LogP contribution in [0, 0.1) is 13.8 Å². The second-order valence-corrected chi connectivity index (χ2v) is 5.75. The van der Waals surface area contributed by atoms with E-state index in [4.69, 9.17) is 5.73 Å². The van der Waals surface area contributed by atoms with E-state index in [-0.39, 0.29) is 5.97 Å². The number of pyridine rings is 1. The molecule has 0 saturated heterocycles. The van der Waals surface area contributed by atoms with Crippen molar-refractivity contribution in [1.29, 1.82) is 0 Å². The lowest BCUT2D eigenvalue weighted by atomic mass is 10.0. The topological polar surface area (TPSA) is 65.2 Å². The second kappa shape index (κ2) is 6.20. The highest BCUT2D eigenvalue weighted by molar-refractivity contribution is 7.99. The zero-order valence-corrected chi connectivity index (χ0v) is 12.1. The largest absolute Gasteiger partial charge is 0.468 e. The van der Waals surface area contributed by atoms with Crippen molar-refractivity contribution >= 4 is 17.7 Å². The van der Waals surface area contributed by atoms with Crippen LogP contribution < -0.4 is 5.73 Å². The average molecular weight is 268 g/mol. The predicted molar refractivity (Wildman–Crippen MR) is 73.7 cm³/mol. The van der Waals surface area contributed by atoms with Crippen molar-refractivity contribution < 1.29 is 9.53 Å². The lowest BCUT2D eigenvalue weighted by Gasteiger charge is -2.20. The molecule has 0 aliphatic rings. The molecule has 4 nitrogen and oxygen atoms in total. The molecule has 100 valence electrons. The molecule has 0 radical (unpaired) electrons. The first-order chi connectivity index (χ1) is 8.35. The number of ether oxygens (including phenoxy) is 1. The Labute approximate surface area is 112 Å². The van der Waals surface area contributed by atoms with Gasteiger partial charge in [0.05, 0.1) is 12.1 Å². The van der Waals surface area contributed by atoms with Gasteiger partial charge in [-0.1, -0.05) is 0 Å². The van der Waals surface area contributed by atoms with Gasteiger partial charge in [0.2, 0.25) is 0 Å². The van der Waals surface area contributed by atoms with Crippen LogP contribution in [-0.4, -0.2) is 29.4 Å². The highest BCUT2D eigenvalue weighted by atomic mass is 32.2. The highest BCUT2D eigenvalue weighted by Gasteiger charge is 2.28. The number of nitrogens with two attached hydrogens (primary N) is 1. The molecule has 0 aliphatic heterocycles. The Kier molecular flexibility index (Phi) is 5.16. The molecule has 5 heteroatoms. The number of esters is 1. The third-order valence-corrected chi connectivity index (χ3v) is 3.51. The quantitative estimate of drug-likeness (QED) is 0.654. The number of carbonyl (C=O) groups is 1.